The van der Waals surface area contributed by atoms with E-state index in [4.69, 9.17) is 23.8 Å². The van der Waals surface area contributed by atoms with Gasteiger partial charge in [0.1, 0.15) is 0 Å². The maximum absolute atomic E-state index is 5.95. The molecule has 0 amide bonds. The summed E-state index contributed by atoms with van der Waals surface area (Å²) in [4.78, 5) is 6.51. The Morgan fingerprint density at radius 2 is 1.64 bits per heavy atom. The average molecular weight is 368 g/mol. The molecule has 0 unspecified atom stereocenters. The SMILES string of the molecule is S=C(Nc1ccc(Cl)cc1)N(Cc1ccccc1)Cc1ccccn1. The largest absolute Gasteiger partial charge is 0.339 e. The fourth-order valence-electron chi connectivity index (χ4n) is 2.43. The number of anilines is 1. The highest BCUT2D eigenvalue weighted by Gasteiger charge is 2.12. The predicted molar refractivity (Wildman–Crippen MR) is 108 cm³/mol. The highest BCUT2D eigenvalue weighted by molar-refractivity contribution is 7.80. The predicted octanol–water partition coefficient (Wildman–Crippen LogP) is 5.13. The number of thiocarbonyl (C=S) groups is 1. The molecule has 1 N–H and O–H groups in total. The van der Waals surface area contributed by atoms with Crippen molar-refractivity contribution in [1.82, 2.24) is 9.88 Å². The molecule has 3 nitrogen and oxygen atoms in total. The van der Waals surface area contributed by atoms with E-state index in [0.717, 1.165) is 11.4 Å². The molecule has 2 aromatic carbocycles. The molecule has 0 spiro atoms. The zero-order chi connectivity index (χ0) is 17.5. The molecule has 0 saturated carbocycles. The topological polar surface area (TPSA) is 28.2 Å². The molecular weight excluding hydrogens is 350 g/mol. The minimum atomic E-state index is 0.634. The van der Waals surface area contributed by atoms with E-state index in [1.807, 2.05) is 60.7 Å². The van der Waals surface area contributed by atoms with Crippen LogP contribution in [0, 0.1) is 0 Å². The van der Waals surface area contributed by atoms with Crippen LogP contribution >= 0.6 is 23.8 Å². The van der Waals surface area contributed by atoms with E-state index in [-0.39, 0.29) is 0 Å². The molecule has 0 atom stereocenters. The quantitative estimate of drug-likeness (QED) is 0.632. The summed E-state index contributed by atoms with van der Waals surface area (Å²) in [6.07, 6.45) is 1.80. The molecule has 126 valence electrons. The molecule has 0 bridgehead atoms. The normalized spacial score (nSPS) is 10.3. The molecule has 0 radical (unpaired) electrons. The van der Waals surface area contributed by atoms with E-state index in [1.54, 1.807) is 6.20 Å². The van der Waals surface area contributed by atoms with Crippen LogP contribution in [0.3, 0.4) is 0 Å². The standard InChI is InChI=1S/C20H18ClN3S/c21-17-9-11-18(12-10-17)23-20(25)24(14-16-6-2-1-3-7-16)15-19-8-4-5-13-22-19/h1-13H,14-15H2,(H,23,25). The van der Waals surface area contributed by atoms with Crippen molar-refractivity contribution in [3.63, 3.8) is 0 Å². The van der Waals surface area contributed by atoms with Gasteiger partial charge in [-0.2, -0.15) is 0 Å². The van der Waals surface area contributed by atoms with Crippen molar-refractivity contribution in [3.05, 3.63) is 95.3 Å². The van der Waals surface area contributed by atoms with Crippen LogP contribution < -0.4 is 5.32 Å². The first-order chi connectivity index (χ1) is 12.2. The molecule has 1 aromatic heterocycles. The van der Waals surface area contributed by atoms with E-state index in [0.29, 0.717) is 23.2 Å². The Bertz CT molecular complexity index is 766. The first kappa shape index (κ1) is 17.4. The van der Waals surface area contributed by atoms with Crippen molar-refractivity contribution in [2.24, 2.45) is 0 Å². The number of rotatable bonds is 5. The lowest BCUT2D eigenvalue weighted by atomic mass is 10.2. The minimum Gasteiger partial charge on any atom is -0.339 e. The first-order valence-electron chi connectivity index (χ1n) is 7.96. The van der Waals surface area contributed by atoms with Gasteiger partial charge in [-0.05, 0) is 54.2 Å². The van der Waals surface area contributed by atoms with Gasteiger partial charge in [-0.3, -0.25) is 4.98 Å². The number of aromatic nitrogens is 1. The maximum atomic E-state index is 5.95. The smallest absolute Gasteiger partial charge is 0.174 e. The third-order valence-electron chi connectivity index (χ3n) is 3.68. The maximum Gasteiger partial charge on any atom is 0.174 e. The monoisotopic (exact) mass is 367 g/mol. The van der Waals surface area contributed by atoms with Gasteiger partial charge in [0.25, 0.3) is 0 Å². The van der Waals surface area contributed by atoms with Gasteiger partial charge < -0.3 is 10.2 Å². The average Bonchev–Trinajstić information content (AvgIpc) is 2.65. The Labute approximate surface area is 158 Å². The summed E-state index contributed by atoms with van der Waals surface area (Å²) in [5.74, 6) is 0. The van der Waals surface area contributed by atoms with Gasteiger partial charge in [0.15, 0.2) is 5.11 Å². The number of hydrogen-bond acceptors (Lipinski definition) is 2. The zero-order valence-electron chi connectivity index (χ0n) is 13.6. The fourth-order valence-corrected chi connectivity index (χ4v) is 2.80. The molecule has 3 aromatic rings. The summed E-state index contributed by atoms with van der Waals surface area (Å²) in [5, 5.41) is 4.63. The number of benzene rings is 2. The molecule has 0 aliphatic heterocycles. The Hall–Kier alpha value is -2.43. The van der Waals surface area contributed by atoms with Crippen LogP contribution in [-0.4, -0.2) is 15.0 Å². The Morgan fingerprint density at radius 3 is 2.32 bits per heavy atom. The lowest BCUT2D eigenvalue weighted by molar-refractivity contribution is 0.407. The summed E-state index contributed by atoms with van der Waals surface area (Å²) in [7, 11) is 0. The molecule has 1 heterocycles. The number of nitrogens with one attached hydrogen (secondary N) is 1. The van der Waals surface area contributed by atoms with Gasteiger partial charge in [-0.1, -0.05) is 48.0 Å². The molecule has 0 fully saturated rings. The van der Waals surface area contributed by atoms with E-state index in [1.165, 1.54) is 5.56 Å². The molecule has 0 aliphatic rings. The summed E-state index contributed by atoms with van der Waals surface area (Å²) in [6.45, 7) is 1.34. The zero-order valence-corrected chi connectivity index (χ0v) is 15.2. The van der Waals surface area contributed by atoms with E-state index < -0.39 is 0 Å². The number of pyridine rings is 1. The van der Waals surface area contributed by atoms with Crippen molar-refractivity contribution in [3.8, 4) is 0 Å². The summed E-state index contributed by atoms with van der Waals surface area (Å²) in [5.41, 5.74) is 3.07. The molecular formula is C20H18ClN3S. The highest BCUT2D eigenvalue weighted by atomic mass is 35.5. The van der Waals surface area contributed by atoms with Gasteiger partial charge in [0, 0.05) is 23.5 Å². The second-order valence-electron chi connectivity index (χ2n) is 5.60. The van der Waals surface area contributed by atoms with Crippen molar-refractivity contribution < 1.29 is 0 Å². The number of halogens is 1. The summed E-state index contributed by atoms with van der Waals surface area (Å²) in [6, 6.07) is 23.7. The Balaban J connectivity index is 1.76. The van der Waals surface area contributed by atoms with Crippen LogP contribution in [-0.2, 0) is 13.1 Å². The second kappa shape index (κ2) is 8.60. The lowest BCUT2D eigenvalue weighted by Crippen LogP contribution is -2.34. The minimum absolute atomic E-state index is 0.634. The van der Waals surface area contributed by atoms with Crippen molar-refractivity contribution in [2.45, 2.75) is 13.1 Å². The van der Waals surface area contributed by atoms with Crippen LogP contribution in [0.2, 0.25) is 5.02 Å². The number of nitrogens with zero attached hydrogens (tertiary/aromatic N) is 2. The van der Waals surface area contributed by atoms with Gasteiger partial charge in [-0.25, -0.2) is 0 Å². The summed E-state index contributed by atoms with van der Waals surface area (Å²) < 4.78 is 0. The van der Waals surface area contributed by atoms with Gasteiger partial charge >= 0.3 is 0 Å². The van der Waals surface area contributed by atoms with Crippen molar-refractivity contribution in [1.29, 1.82) is 0 Å². The van der Waals surface area contributed by atoms with Gasteiger partial charge in [0.2, 0.25) is 0 Å². The van der Waals surface area contributed by atoms with Crippen LogP contribution in [0.15, 0.2) is 79.0 Å². The fraction of sp³-hybridized carbons (Fsp3) is 0.100. The van der Waals surface area contributed by atoms with Crippen molar-refractivity contribution >= 4 is 34.6 Å². The van der Waals surface area contributed by atoms with E-state index in [2.05, 4.69) is 27.3 Å². The Morgan fingerprint density at radius 1 is 0.920 bits per heavy atom. The second-order valence-corrected chi connectivity index (χ2v) is 6.42. The van der Waals surface area contributed by atoms with E-state index in [9.17, 15) is 0 Å². The van der Waals surface area contributed by atoms with Gasteiger partial charge in [-0.15, -0.1) is 0 Å². The molecule has 25 heavy (non-hydrogen) atoms. The van der Waals surface area contributed by atoms with E-state index >= 15 is 0 Å². The van der Waals surface area contributed by atoms with Crippen LogP contribution in [0.5, 0.6) is 0 Å². The molecule has 5 heteroatoms. The third-order valence-corrected chi connectivity index (χ3v) is 4.29. The van der Waals surface area contributed by atoms with Crippen LogP contribution in [0.1, 0.15) is 11.3 Å². The molecule has 0 saturated heterocycles. The summed E-state index contributed by atoms with van der Waals surface area (Å²) >= 11 is 11.6. The molecule has 3 rings (SSSR count). The third kappa shape index (κ3) is 5.28. The molecule has 0 aliphatic carbocycles. The Kier molecular flexibility index (Phi) is 5.99. The number of hydrogen-bond donors (Lipinski definition) is 1. The lowest BCUT2D eigenvalue weighted by Gasteiger charge is -2.26. The van der Waals surface area contributed by atoms with Crippen LogP contribution in [0.4, 0.5) is 5.69 Å². The van der Waals surface area contributed by atoms with Crippen molar-refractivity contribution in [2.75, 3.05) is 5.32 Å². The first-order valence-corrected chi connectivity index (χ1v) is 8.75. The highest BCUT2D eigenvalue weighted by Crippen LogP contribution is 2.16. The van der Waals surface area contributed by atoms with Gasteiger partial charge in [0.05, 0.1) is 12.2 Å². The van der Waals surface area contributed by atoms with Crippen LogP contribution in [0.25, 0.3) is 0 Å².